The average Bonchev–Trinajstić information content (AvgIpc) is 0.722. The first-order chi connectivity index (χ1) is 2.00. The Hall–Kier alpha value is 1.21. The SMILES string of the molecule is O.O=P(O)(O)O.[Fe].[Zn]. The second kappa shape index (κ2) is 8.21. The summed E-state index contributed by atoms with van der Waals surface area (Å²) in [6.07, 6.45) is 0. The van der Waals surface area contributed by atoms with E-state index in [4.69, 9.17) is 19.2 Å². The fourth-order valence-electron chi connectivity index (χ4n) is 0. The van der Waals surface area contributed by atoms with Crippen molar-refractivity contribution < 1.29 is 61.3 Å². The number of hydrogen-bond acceptors (Lipinski definition) is 1. The summed E-state index contributed by atoms with van der Waals surface area (Å²) in [7, 11) is -4.64. The largest absolute Gasteiger partial charge is 0.466 e. The monoisotopic (exact) mass is 236 g/mol. The number of hydrogen-bond donors (Lipinski definition) is 3. The summed E-state index contributed by atoms with van der Waals surface area (Å²) >= 11 is 0. The van der Waals surface area contributed by atoms with Crippen molar-refractivity contribution in [2.24, 2.45) is 0 Å². The van der Waals surface area contributed by atoms with E-state index in [9.17, 15) is 0 Å². The molecule has 0 unspecified atom stereocenters. The van der Waals surface area contributed by atoms with Gasteiger partial charge in [0, 0.05) is 36.5 Å². The third-order valence-electron chi connectivity index (χ3n) is 0. The molecule has 5 N–H and O–H groups in total. The molecule has 0 spiro atoms. The Labute approximate surface area is 69.3 Å². The van der Waals surface area contributed by atoms with Gasteiger partial charge < -0.3 is 20.2 Å². The maximum Gasteiger partial charge on any atom is 0.466 e. The van der Waals surface area contributed by atoms with Gasteiger partial charge in [0.15, 0.2) is 0 Å². The van der Waals surface area contributed by atoms with Gasteiger partial charge in [0.25, 0.3) is 0 Å². The second-order valence-electron chi connectivity index (χ2n) is 0.513. The average molecular weight is 237 g/mol. The van der Waals surface area contributed by atoms with Gasteiger partial charge in [0.2, 0.25) is 0 Å². The van der Waals surface area contributed by atoms with Gasteiger partial charge in [-0.25, -0.2) is 4.57 Å². The van der Waals surface area contributed by atoms with Crippen LogP contribution in [0.2, 0.25) is 0 Å². The van der Waals surface area contributed by atoms with E-state index in [-0.39, 0.29) is 42.0 Å². The first kappa shape index (κ1) is 22.9. The molecule has 8 heteroatoms. The molecule has 0 aliphatic heterocycles. The standard InChI is InChI=1S/Fe.H3O4P.H2O.Zn/c;1-5(2,3)4;;/h;(H3,1,2,3,4);1H2;. The summed E-state index contributed by atoms with van der Waals surface area (Å²) in [6.45, 7) is 0. The Bertz CT molecular complexity index is 58.6. The van der Waals surface area contributed by atoms with E-state index < -0.39 is 7.82 Å². The molecule has 0 radical (unpaired) electrons. The predicted octanol–water partition coefficient (Wildman–Crippen LogP) is -1.76. The van der Waals surface area contributed by atoms with Gasteiger partial charge in [-0.15, -0.1) is 0 Å². The topological polar surface area (TPSA) is 109 Å². The molecule has 0 aliphatic carbocycles. The van der Waals surface area contributed by atoms with Crippen LogP contribution in [0.3, 0.4) is 0 Å². The molecule has 0 saturated heterocycles. The second-order valence-corrected chi connectivity index (χ2v) is 1.54. The van der Waals surface area contributed by atoms with Crippen molar-refractivity contribution in [1.82, 2.24) is 0 Å². The van der Waals surface area contributed by atoms with Crippen LogP contribution >= 0.6 is 7.82 Å². The number of phosphoric acid groups is 1. The van der Waals surface area contributed by atoms with Crippen molar-refractivity contribution in [3.63, 3.8) is 0 Å². The van der Waals surface area contributed by atoms with Crippen molar-refractivity contribution in [3.8, 4) is 0 Å². The molecule has 0 aromatic rings. The van der Waals surface area contributed by atoms with E-state index in [1.165, 1.54) is 0 Å². The molecular weight excluding hydrogens is 232 g/mol. The quantitative estimate of drug-likeness (QED) is 0.342. The fraction of sp³-hybridized carbons (Fsp3) is 0. The van der Waals surface area contributed by atoms with Gasteiger partial charge in [-0.05, 0) is 0 Å². The van der Waals surface area contributed by atoms with Gasteiger partial charge in [0.05, 0.1) is 0 Å². The van der Waals surface area contributed by atoms with Crippen LogP contribution in [-0.2, 0) is 41.1 Å². The molecule has 8 heavy (non-hydrogen) atoms. The molecule has 0 atom stereocenters. The van der Waals surface area contributed by atoms with Crippen molar-refractivity contribution in [2.45, 2.75) is 0 Å². The van der Waals surface area contributed by atoms with Gasteiger partial charge in [0.1, 0.15) is 0 Å². The van der Waals surface area contributed by atoms with Crippen LogP contribution < -0.4 is 0 Å². The molecule has 0 heterocycles. The van der Waals surface area contributed by atoms with Crippen molar-refractivity contribution in [1.29, 1.82) is 0 Å². The minimum atomic E-state index is -4.64. The van der Waals surface area contributed by atoms with E-state index in [2.05, 4.69) is 0 Å². The number of rotatable bonds is 0. The van der Waals surface area contributed by atoms with Gasteiger partial charge >= 0.3 is 7.82 Å². The summed E-state index contributed by atoms with van der Waals surface area (Å²) in [5.41, 5.74) is 0. The third-order valence-corrected chi connectivity index (χ3v) is 0. The van der Waals surface area contributed by atoms with E-state index in [1.807, 2.05) is 0 Å². The first-order valence-electron chi connectivity index (χ1n) is 0.783. The minimum absolute atomic E-state index is 0. The van der Waals surface area contributed by atoms with Gasteiger partial charge in [-0.1, -0.05) is 0 Å². The van der Waals surface area contributed by atoms with Crippen molar-refractivity contribution in [2.75, 3.05) is 0 Å². The predicted molar refractivity (Wildman–Crippen MR) is 17.9 cm³/mol. The zero-order valence-corrected chi connectivity index (χ0v) is 8.72. The summed E-state index contributed by atoms with van der Waals surface area (Å²) in [6, 6.07) is 0. The summed E-state index contributed by atoms with van der Waals surface area (Å²) in [5, 5.41) is 0. The Kier molecular flexibility index (Phi) is 23.5. The molecule has 0 saturated carbocycles. The molecule has 0 rings (SSSR count). The minimum Gasteiger partial charge on any atom is -0.412 e. The molecule has 0 bridgehead atoms. The molecule has 0 aromatic heterocycles. The third kappa shape index (κ3) is 189. The molecule has 5 nitrogen and oxygen atoms in total. The van der Waals surface area contributed by atoms with Crippen molar-refractivity contribution in [3.05, 3.63) is 0 Å². The van der Waals surface area contributed by atoms with E-state index in [0.29, 0.717) is 0 Å². The molecule has 0 fully saturated rings. The zero-order chi connectivity index (χ0) is 4.50. The van der Waals surface area contributed by atoms with Gasteiger partial charge in [-0.2, -0.15) is 0 Å². The van der Waals surface area contributed by atoms with E-state index >= 15 is 0 Å². The van der Waals surface area contributed by atoms with Crippen LogP contribution in [0.25, 0.3) is 0 Å². The smallest absolute Gasteiger partial charge is 0.412 e. The molecule has 0 aliphatic rings. The van der Waals surface area contributed by atoms with E-state index in [1.54, 1.807) is 0 Å². The molecular formula is H5FeO5PZn. The summed E-state index contributed by atoms with van der Waals surface area (Å²) in [4.78, 5) is 21.6. The summed E-state index contributed by atoms with van der Waals surface area (Å²) < 4.78 is 8.88. The van der Waals surface area contributed by atoms with Crippen LogP contribution in [0.1, 0.15) is 0 Å². The zero-order valence-electron chi connectivity index (χ0n) is 3.76. The van der Waals surface area contributed by atoms with Crippen LogP contribution in [-0.4, -0.2) is 20.2 Å². The normalized spacial score (nSPS) is 7.38. The maximum atomic E-state index is 8.88. The summed E-state index contributed by atoms with van der Waals surface area (Å²) in [5.74, 6) is 0. The Morgan fingerprint density at radius 2 is 1.12 bits per heavy atom. The van der Waals surface area contributed by atoms with Crippen molar-refractivity contribution >= 4 is 7.82 Å². The Morgan fingerprint density at radius 3 is 1.12 bits per heavy atom. The van der Waals surface area contributed by atoms with Crippen LogP contribution in [0.4, 0.5) is 0 Å². The molecule has 50 valence electrons. The Morgan fingerprint density at radius 1 is 1.12 bits per heavy atom. The fourth-order valence-corrected chi connectivity index (χ4v) is 0. The first-order valence-corrected chi connectivity index (χ1v) is 2.35. The van der Waals surface area contributed by atoms with E-state index in [0.717, 1.165) is 0 Å². The Balaban J connectivity index is -0.0000000267. The van der Waals surface area contributed by atoms with Crippen LogP contribution in [0.5, 0.6) is 0 Å². The molecule has 0 aromatic carbocycles. The maximum absolute atomic E-state index is 8.88. The molecule has 0 amide bonds. The van der Waals surface area contributed by atoms with Gasteiger partial charge in [-0.3, -0.25) is 0 Å². The van der Waals surface area contributed by atoms with Crippen LogP contribution in [0.15, 0.2) is 0 Å². The van der Waals surface area contributed by atoms with Crippen LogP contribution in [0, 0.1) is 0 Å².